The number of carboxylic acids is 1. The van der Waals surface area contributed by atoms with E-state index in [0.717, 1.165) is 35.8 Å². The van der Waals surface area contributed by atoms with Gasteiger partial charge in [0.2, 0.25) is 5.95 Å². The van der Waals surface area contributed by atoms with Gasteiger partial charge in [0.25, 0.3) is 0 Å². The molecule has 0 saturated heterocycles. The number of hydrogen-bond acceptors (Lipinski definition) is 7. The van der Waals surface area contributed by atoms with Crippen molar-refractivity contribution in [1.82, 2.24) is 14.9 Å². The highest BCUT2D eigenvalue weighted by Crippen LogP contribution is 2.47. The number of carboxylic acid groups (broad SMARTS) is 1. The highest BCUT2D eigenvalue weighted by atomic mass is 35.5. The van der Waals surface area contributed by atoms with Crippen molar-refractivity contribution in [3.63, 3.8) is 0 Å². The normalized spacial score (nSPS) is 22.5. The predicted octanol–water partition coefficient (Wildman–Crippen LogP) is 4.68. The minimum absolute atomic E-state index is 0.0155. The van der Waals surface area contributed by atoms with Gasteiger partial charge in [0.1, 0.15) is 10.8 Å². The Bertz CT molecular complexity index is 1350. The number of ether oxygens (including phenoxy) is 1. The number of rotatable bonds is 5. The molecule has 2 aromatic carbocycles. The summed E-state index contributed by atoms with van der Waals surface area (Å²) in [6, 6.07) is 12.0. The fourth-order valence-corrected chi connectivity index (χ4v) is 5.96. The van der Waals surface area contributed by atoms with Crippen LogP contribution in [-0.2, 0) is 16.8 Å². The summed E-state index contributed by atoms with van der Waals surface area (Å²) in [7, 11) is 2.13. The Hall–Kier alpha value is -3.36. The maximum atomic E-state index is 11.6. The number of likely N-dealkylation sites (N-methyl/N-ethyl adjacent to an activating group) is 1. The Kier molecular flexibility index (Phi) is 5.12. The average Bonchev–Trinajstić information content (AvgIpc) is 3.34. The second-order valence-corrected chi connectivity index (χ2v) is 10.4. The largest absolute Gasteiger partial charge is 0.493 e. The van der Waals surface area contributed by atoms with Crippen molar-refractivity contribution in [2.24, 2.45) is 0 Å². The monoisotopic (exact) mass is 491 g/mol. The van der Waals surface area contributed by atoms with Gasteiger partial charge in [-0.05, 0) is 30.3 Å². The molecule has 3 aliphatic rings. The average molecular weight is 492 g/mol. The molecule has 0 bridgehead atoms. The van der Waals surface area contributed by atoms with Crippen molar-refractivity contribution in [2.45, 2.75) is 31.2 Å². The Labute approximate surface area is 208 Å². The maximum Gasteiger partial charge on any atom is 0.304 e. The molecule has 1 aromatic heterocycles. The summed E-state index contributed by atoms with van der Waals surface area (Å²) in [5.74, 6) is 1.47. The third kappa shape index (κ3) is 3.77. The van der Waals surface area contributed by atoms with Crippen LogP contribution in [0.2, 0.25) is 5.02 Å². The first kappa shape index (κ1) is 22.1. The summed E-state index contributed by atoms with van der Waals surface area (Å²) in [5, 5.41) is 13.3. The van der Waals surface area contributed by atoms with Crippen molar-refractivity contribution >= 4 is 40.7 Å². The third-order valence-electron chi connectivity index (χ3n) is 7.18. The number of nitrogens with zero attached hydrogens (tertiary/aromatic N) is 4. The number of nitrogens with one attached hydrogen (secondary N) is 1. The first-order valence-corrected chi connectivity index (χ1v) is 12.0. The minimum atomic E-state index is -0.837. The number of carbonyl (C=O) groups is 1. The topological polar surface area (TPSA) is 90.8 Å². The molecular weight excluding hydrogens is 466 g/mol. The van der Waals surface area contributed by atoms with Gasteiger partial charge >= 0.3 is 5.97 Å². The Morgan fingerprint density at radius 1 is 1.34 bits per heavy atom. The number of benzene rings is 2. The number of aromatic nitrogens is 2. The molecule has 0 fully saturated rings. The second-order valence-electron chi connectivity index (χ2n) is 9.98. The summed E-state index contributed by atoms with van der Waals surface area (Å²) in [6.07, 6.45) is 1.60. The zero-order valence-corrected chi connectivity index (χ0v) is 20.3. The predicted molar refractivity (Wildman–Crippen MR) is 134 cm³/mol. The van der Waals surface area contributed by atoms with Crippen LogP contribution in [0.15, 0.2) is 42.6 Å². The molecule has 2 N–H and O–H groups in total. The third-order valence-corrected chi connectivity index (χ3v) is 7.45. The van der Waals surface area contributed by atoms with Crippen LogP contribution in [0, 0.1) is 0 Å². The van der Waals surface area contributed by atoms with Crippen molar-refractivity contribution in [2.75, 3.05) is 37.0 Å². The van der Waals surface area contributed by atoms with E-state index in [4.69, 9.17) is 21.3 Å². The Balaban J connectivity index is 1.34. The molecule has 0 saturated carbocycles. The van der Waals surface area contributed by atoms with Crippen molar-refractivity contribution in [1.29, 1.82) is 0 Å². The molecule has 2 unspecified atom stereocenters. The first-order valence-electron chi connectivity index (χ1n) is 11.7. The molecule has 2 atom stereocenters. The zero-order chi connectivity index (χ0) is 24.3. The van der Waals surface area contributed by atoms with Gasteiger partial charge in [-0.15, -0.1) is 0 Å². The lowest BCUT2D eigenvalue weighted by Crippen LogP contribution is -2.31. The molecule has 3 aliphatic heterocycles. The first-order chi connectivity index (χ1) is 16.8. The van der Waals surface area contributed by atoms with Crippen molar-refractivity contribution in [3.8, 4) is 5.75 Å². The van der Waals surface area contributed by atoms with Gasteiger partial charge in [-0.2, -0.15) is 4.98 Å². The van der Waals surface area contributed by atoms with E-state index < -0.39 is 11.4 Å². The molecule has 4 heterocycles. The van der Waals surface area contributed by atoms with Gasteiger partial charge in [0.15, 0.2) is 5.82 Å². The number of para-hydroxylation sites is 1. The van der Waals surface area contributed by atoms with Gasteiger partial charge in [0.05, 0.1) is 19.2 Å². The maximum absolute atomic E-state index is 11.6. The number of aliphatic carboxylic acids is 1. The Morgan fingerprint density at radius 3 is 3.00 bits per heavy atom. The van der Waals surface area contributed by atoms with Crippen molar-refractivity contribution < 1.29 is 14.6 Å². The minimum Gasteiger partial charge on any atom is -0.493 e. The van der Waals surface area contributed by atoms with E-state index in [1.165, 1.54) is 11.1 Å². The van der Waals surface area contributed by atoms with E-state index in [1.54, 1.807) is 6.20 Å². The Morgan fingerprint density at radius 2 is 2.17 bits per heavy atom. The van der Waals surface area contributed by atoms with Crippen LogP contribution >= 0.6 is 11.6 Å². The van der Waals surface area contributed by atoms with Crippen LogP contribution in [0.25, 0.3) is 0 Å². The lowest BCUT2D eigenvalue weighted by molar-refractivity contribution is -0.138. The van der Waals surface area contributed by atoms with E-state index in [-0.39, 0.29) is 6.42 Å². The zero-order valence-electron chi connectivity index (χ0n) is 19.6. The number of hydrogen-bond donors (Lipinski definition) is 2. The van der Waals surface area contributed by atoms with Crippen LogP contribution < -0.4 is 15.0 Å². The molecule has 0 amide bonds. The van der Waals surface area contributed by atoms with E-state index >= 15 is 0 Å². The number of anilines is 4. The molecule has 9 heteroatoms. The molecule has 3 aromatic rings. The van der Waals surface area contributed by atoms with Crippen LogP contribution in [0.3, 0.4) is 0 Å². The summed E-state index contributed by atoms with van der Waals surface area (Å²) in [5.41, 5.74) is 4.76. The summed E-state index contributed by atoms with van der Waals surface area (Å²) >= 11 is 6.57. The standard InChI is InChI=1S/C26H26ClN5O3/c1-26(9-22(33)34)14-32(20-6-4-3-5-18(20)26)24-19(27)10-28-25(30-24)29-17-7-15-11-31(2)12-16-13-35-21(8-17)23(15)16/h3-8,10,16H,9,11-14H2,1-2H3,(H,33,34)(H,28,29,30). The SMILES string of the molecule is CN1Cc2cc(Nc3ncc(Cl)c(N4CC(C)(CC(=O)O)c5ccccc54)n3)cc3c2C(CO3)C1. The highest BCUT2D eigenvalue weighted by Gasteiger charge is 2.42. The molecule has 180 valence electrons. The molecule has 8 nitrogen and oxygen atoms in total. The fraction of sp³-hybridized carbons (Fsp3) is 0.346. The van der Waals surface area contributed by atoms with Crippen LogP contribution in [-0.4, -0.2) is 52.7 Å². The number of halogens is 1. The molecular formula is C26H26ClN5O3. The van der Waals surface area contributed by atoms with Gasteiger partial charge in [-0.1, -0.05) is 36.7 Å². The molecule has 35 heavy (non-hydrogen) atoms. The molecule has 6 rings (SSSR count). The van der Waals surface area contributed by atoms with Crippen LogP contribution in [0.4, 0.5) is 23.1 Å². The van der Waals surface area contributed by atoms with Gasteiger partial charge in [0, 0.05) is 54.0 Å². The van der Waals surface area contributed by atoms with E-state index in [2.05, 4.69) is 28.3 Å². The lowest BCUT2D eigenvalue weighted by atomic mass is 9.81. The van der Waals surface area contributed by atoms with Crippen LogP contribution in [0.1, 0.15) is 36.0 Å². The molecule has 0 aliphatic carbocycles. The quantitative estimate of drug-likeness (QED) is 0.531. The van der Waals surface area contributed by atoms with E-state index in [0.29, 0.717) is 35.9 Å². The fourth-order valence-electron chi connectivity index (χ4n) is 5.77. The number of fused-ring (bicyclic) bond motifs is 1. The lowest BCUT2D eigenvalue weighted by Gasteiger charge is -2.28. The summed E-state index contributed by atoms with van der Waals surface area (Å²) in [6.45, 7) is 5.01. The van der Waals surface area contributed by atoms with Gasteiger partial charge < -0.3 is 25.0 Å². The summed E-state index contributed by atoms with van der Waals surface area (Å²) in [4.78, 5) is 25.1. The van der Waals surface area contributed by atoms with E-state index in [1.807, 2.05) is 42.2 Å². The van der Waals surface area contributed by atoms with E-state index in [9.17, 15) is 9.90 Å². The molecule has 0 spiro atoms. The summed E-state index contributed by atoms with van der Waals surface area (Å²) < 4.78 is 5.98. The van der Waals surface area contributed by atoms with Gasteiger partial charge in [-0.25, -0.2) is 4.98 Å². The van der Waals surface area contributed by atoms with Crippen molar-refractivity contribution in [3.05, 3.63) is 64.3 Å². The molecule has 0 radical (unpaired) electrons. The smallest absolute Gasteiger partial charge is 0.304 e. The highest BCUT2D eigenvalue weighted by molar-refractivity contribution is 6.33. The van der Waals surface area contributed by atoms with Gasteiger partial charge in [-0.3, -0.25) is 4.79 Å². The van der Waals surface area contributed by atoms with Crippen LogP contribution in [0.5, 0.6) is 5.75 Å². The second kappa shape index (κ2) is 8.10.